The van der Waals surface area contributed by atoms with Gasteiger partial charge in [0, 0.05) is 12.6 Å². The second-order valence-electron chi connectivity index (χ2n) is 4.67. The molecule has 0 amide bonds. The van der Waals surface area contributed by atoms with Crippen molar-refractivity contribution in [1.82, 2.24) is 4.90 Å². The van der Waals surface area contributed by atoms with Crippen LogP contribution in [0.5, 0.6) is 11.5 Å². The molecule has 1 aromatic carbocycles. The van der Waals surface area contributed by atoms with Crippen molar-refractivity contribution >= 4 is 0 Å². The molecule has 4 nitrogen and oxygen atoms in total. The molecule has 0 heterocycles. The lowest BCUT2D eigenvalue weighted by molar-refractivity contribution is 0.276. The Morgan fingerprint density at radius 1 is 1.28 bits per heavy atom. The minimum Gasteiger partial charge on any atom is -0.496 e. The number of ether oxygens (including phenoxy) is 2. The molecule has 18 heavy (non-hydrogen) atoms. The summed E-state index contributed by atoms with van der Waals surface area (Å²) < 4.78 is 11.1. The Kier molecular flexibility index (Phi) is 5.95. The minimum atomic E-state index is -0.106. The van der Waals surface area contributed by atoms with Gasteiger partial charge in [0.1, 0.15) is 11.5 Å². The van der Waals surface area contributed by atoms with Gasteiger partial charge in [-0.25, -0.2) is 0 Å². The van der Waals surface area contributed by atoms with E-state index >= 15 is 0 Å². The highest BCUT2D eigenvalue weighted by molar-refractivity contribution is 5.46. The lowest BCUT2D eigenvalue weighted by Crippen LogP contribution is -2.16. The molecule has 0 fully saturated rings. The maximum absolute atomic E-state index is 5.98. The molecule has 0 aliphatic rings. The molecule has 2 N–H and O–H groups in total. The predicted octanol–water partition coefficient (Wildman–Crippen LogP) is 2.05. The molecule has 0 spiro atoms. The number of methoxy groups -OCH3 is 1. The van der Waals surface area contributed by atoms with Crippen LogP contribution in [0.2, 0.25) is 0 Å². The zero-order valence-electron chi connectivity index (χ0n) is 11.8. The summed E-state index contributed by atoms with van der Waals surface area (Å²) >= 11 is 0. The molecule has 0 bridgehead atoms. The van der Waals surface area contributed by atoms with E-state index in [2.05, 4.69) is 19.0 Å². The van der Waals surface area contributed by atoms with E-state index in [1.54, 1.807) is 7.11 Å². The summed E-state index contributed by atoms with van der Waals surface area (Å²) in [5.41, 5.74) is 6.91. The molecule has 1 unspecified atom stereocenters. The highest BCUT2D eigenvalue weighted by atomic mass is 16.5. The zero-order chi connectivity index (χ0) is 13.5. The Bertz CT molecular complexity index is 365. The van der Waals surface area contributed by atoms with Gasteiger partial charge in [0.05, 0.1) is 19.3 Å². The fourth-order valence-corrected chi connectivity index (χ4v) is 1.84. The lowest BCUT2D eigenvalue weighted by atomic mass is 10.1. The van der Waals surface area contributed by atoms with Gasteiger partial charge in [-0.2, -0.15) is 0 Å². The molecular formula is C14H24N2O2. The van der Waals surface area contributed by atoms with Crippen molar-refractivity contribution in [3.63, 3.8) is 0 Å². The molecule has 102 valence electrons. The van der Waals surface area contributed by atoms with Crippen LogP contribution in [-0.2, 0) is 0 Å². The van der Waals surface area contributed by atoms with E-state index in [0.717, 1.165) is 30.0 Å². The van der Waals surface area contributed by atoms with Gasteiger partial charge in [0.25, 0.3) is 0 Å². The van der Waals surface area contributed by atoms with Crippen LogP contribution in [0.15, 0.2) is 18.2 Å². The van der Waals surface area contributed by atoms with Crippen LogP contribution in [0.1, 0.15) is 24.9 Å². The fraction of sp³-hybridized carbons (Fsp3) is 0.571. The zero-order valence-corrected chi connectivity index (χ0v) is 11.8. The van der Waals surface area contributed by atoms with Gasteiger partial charge in [0.15, 0.2) is 0 Å². The molecule has 0 radical (unpaired) electrons. The number of hydrogen-bond acceptors (Lipinski definition) is 4. The van der Waals surface area contributed by atoms with E-state index in [4.69, 9.17) is 15.2 Å². The van der Waals surface area contributed by atoms with Crippen molar-refractivity contribution in [3.8, 4) is 11.5 Å². The minimum absolute atomic E-state index is 0.106. The molecule has 1 atom stereocenters. The van der Waals surface area contributed by atoms with Crippen LogP contribution >= 0.6 is 0 Å². The summed E-state index contributed by atoms with van der Waals surface area (Å²) in [5.74, 6) is 1.61. The van der Waals surface area contributed by atoms with Crippen molar-refractivity contribution < 1.29 is 9.47 Å². The first-order chi connectivity index (χ1) is 8.56. The van der Waals surface area contributed by atoms with E-state index in [-0.39, 0.29) is 6.04 Å². The summed E-state index contributed by atoms with van der Waals surface area (Å²) in [6, 6.07) is 5.67. The Morgan fingerprint density at radius 3 is 2.50 bits per heavy atom. The largest absolute Gasteiger partial charge is 0.496 e. The number of hydrogen-bond donors (Lipinski definition) is 1. The molecular weight excluding hydrogens is 228 g/mol. The SMILES string of the molecule is COc1cccc(OCCCN(C)C)c1C(C)N. The van der Waals surface area contributed by atoms with Gasteiger partial charge < -0.3 is 20.1 Å². The van der Waals surface area contributed by atoms with E-state index < -0.39 is 0 Å². The number of nitrogens with zero attached hydrogens (tertiary/aromatic N) is 1. The van der Waals surface area contributed by atoms with Gasteiger partial charge in [-0.05, 0) is 39.6 Å². The van der Waals surface area contributed by atoms with Gasteiger partial charge in [-0.3, -0.25) is 0 Å². The fourth-order valence-electron chi connectivity index (χ4n) is 1.84. The van der Waals surface area contributed by atoms with E-state index in [9.17, 15) is 0 Å². The van der Waals surface area contributed by atoms with Crippen molar-refractivity contribution in [2.45, 2.75) is 19.4 Å². The average molecular weight is 252 g/mol. The summed E-state index contributed by atoms with van der Waals surface area (Å²) in [6.45, 7) is 3.63. The molecule has 0 aromatic heterocycles. The maximum atomic E-state index is 5.98. The van der Waals surface area contributed by atoms with Gasteiger partial charge in [-0.15, -0.1) is 0 Å². The van der Waals surface area contributed by atoms with Crippen LogP contribution < -0.4 is 15.2 Å². The highest BCUT2D eigenvalue weighted by Crippen LogP contribution is 2.32. The third-order valence-corrected chi connectivity index (χ3v) is 2.71. The van der Waals surface area contributed by atoms with Crippen molar-refractivity contribution in [2.75, 3.05) is 34.4 Å². The van der Waals surface area contributed by atoms with Crippen LogP contribution in [0.4, 0.5) is 0 Å². The third-order valence-electron chi connectivity index (χ3n) is 2.71. The molecule has 0 saturated carbocycles. The highest BCUT2D eigenvalue weighted by Gasteiger charge is 2.13. The normalized spacial score (nSPS) is 12.6. The van der Waals surface area contributed by atoms with Gasteiger partial charge >= 0.3 is 0 Å². The van der Waals surface area contributed by atoms with Crippen molar-refractivity contribution in [3.05, 3.63) is 23.8 Å². The maximum Gasteiger partial charge on any atom is 0.127 e. The number of nitrogens with two attached hydrogens (primary N) is 1. The first-order valence-electron chi connectivity index (χ1n) is 6.26. The molecule has 1 rings (SSSR count). The van der Waals surface area contributed by atoms with Crippen molar-refractivity contribution in [2.24, 2.45) is 5.73 Å². The van der Waals surface area contributed by atoms with Gasteiger partial charge in [0.2, 0.25) is 0 Å². The van der Waals surface area contributed by atoms with Crippen molar-refractivity contribution in [1.29, 1.82) is 0 Å². The second kappa shape index (κ2) is 7.24. The summed E-state index contributed by atoms with van der Waals surface area (Å²) in [7, 11) is 5.76. The lowest BCUT2D eigenvalue weighted by Gasteiger charge is -2.17. The smallest absolute Gasteiger partial charge is 0.127 e. The second-order valence-corrected chi connectivity index (χ2v) is 4.67. The molecule has 0 saturated heterocycles. The quantitative estimate of drug-likeness (QED) is 0.754. The van der Waals surface area contributed by atoms with Crippen LogP contribution in [0, 0.1) is 0 Å². The third kappa shape index (κ3) is 4.20. The predicted molar refractivity (Wildman–Crippen MR) is 74.3 cm³/mol. The Balaban J connectivity index is 2.69. The first kappa shape index (κ1) is 14.8. The Labute approximate surface area is 110 Å². The summed E-state index contributed by atoms with van der Waals surface area (Å²) in [6.07, 6.45) is 0.989. The molecule has 0 aliphatic carbocycles. The Morgan fingerprint density at radius 2 is 1.94 bits per heavy atom. The van der Waals surface area contributed by atoms with E-state index in [0.29, 0.717) is 6.61 Å². The standard InChI is InChI=1S/C14H24N2O2/c1-11(15)14-12(17-4)7-5-8-13(14)18-10-6-9-16(2)3/h5,7-8,11H,6,9-10,15H2,1-4H3. The molecule has 1 aromatic rings. The summed E-state index contributed by atoms with van der Waals surface area (Å²) in [5, 5.41) is 0. The van der Waals surface area contributed by atoms with E-state index in [1.807, 2.05) is 25.1 Å². The number of benzene rings is 1. The molecule has 4 heteroatoms. The number of rotatable bonds is 7. The first-order valence-corrected chi connectivity index (χ1v) is 6.26. The topological polar surface area (TPSA) is 47.7 Å². The van der Waals surface area contributed by atoms with Crippen LogP contribution in [0.25, 0.3) is 0 Å². The van der Waals surface area contributed by atoms with E-state index in [1.165, 1.54) is 0 Å². The summed E-state index contributed by atoms with van der Waals surface area (Å²) in [4.78, 5) is 2.14. The monoisotopic (exact) mass is 252 g/mol. The van der Waals surface area contributed by atoms with Crippen LogP contribution in [0.3, 0.4) is 0 Å². The Hall–Kier alpha value is -1.26. The average Bonchev–Trinajstić information content (AvgIpc) is 2.33. The van der Waals surface area contributed by atoms with Gasteiger partial charge in [-0.1, -0.05) is 6.07 Å². The van der Waals surface area contributed by atoms with Crippen LogP contribution in [-0.4, -0.2) is 39.3 Å². The molecule has 0 aliphatic heterocycles.